The molecule has 150 valence electrons. The maximum absolute atomic E-state index is 12.6. The first-order valence-electron chi connectivity index (χ1n) is 8.92. The minimum atomic E-state index is -4.68. The fourth-order valence-corrected chi connectivity index (χ4v) is 3.10. The maximum Gasteiger partial charge on any atom is 0.471 e. The molecule has 6 nitrogen and oxygen atoms in total. The standard InChI is InChI=1S/C20H16F3N3O3/c21-20(22,23)19-24-17(25-29-19)13-6-8-15(9-7-13)28-16-10-11-26(12-16)18(27)14-4-2-1-3-5-14/h1-9,16H,10-12H2/t16-/m0/s1. The second-order valence-electron chi connectivity index (χ2n) is 6.59. The van der Waals surface area contributed by atoms with Gasteiger partial charge in [0.15, 0.2) is 0 Å². The van der Waals surface area contributed by atoms with Gasteiger partial charge in [0.05, 0.1) is 6.54 Å². The molecule has 0 unspecified atom stereocenters. The molecular formula is C20H16F3N3O3. The number of rotatable bonds is 4. The van der Waals surface area contributed by atoms with Crippen LogP contribution in [0.1, 0.15) is 22.7 Å². The Hall–Kier alpha value is -3.36. The molecule has 1 aliphatic heterocycles. The molecule has 4 rings (SSSR count). The van der Waals surface area contributed by atoms with E-state index in [1.165, 1.54) is 0 Å². The van der Waals surface area contributed by atoms with Crippen LogP contribution >= 0.6 is 0 Å². The van der Waals surface area contributed by atoms with E-state index in [1.54, 1.807) is 41.3 Å². The predicted octanol–water partition coefficient (Wildman–Crippen LogP) is 4.05. The highest BCUT2D eigenvalue weighted by Gasteiger charge is 2.38. The monoisotopic (exact) mass is 403 g/mol. The second kappa shape index (κ2) is 7.57. The van der Waals surface area contributed by atoms with Gasteiger partial charge in [0.25, 0.3) is 5.91 Å². The summed E-state index contributed by atoms with van der Waals surface area (Å²) >= 11 is 0. The van der Waals surface area contributed by atoms with Gasteiger partial charge in [-0.2, -0.15) is 18.2 Å². The van der Waals surface area contributed by atoms with Crippen LogP contribution in [0.2, 0.25) is 0 Å². The zero-order valence-electron chi connectivity index (χ0n) is 15.1. The molecule has 29 heavy (non-hydrogen) atoms. The molecule has 0 aliphatic carbocycles. The number of carbonyl (C=O) groups excluding carboxylic acids is 1. The Kier molecular flexibility index (Phi) is 4.96. The summed E-state index contributed by atoms with van der Waals surface area (Å²) in [5.41, 5.74) is 1.01. The van der Waals surface area contributed by atoms with E-state index in [4.69, 9.17) is 4.74 Å². The highest BCUT2D eigenvalue weighted by Crippen LogP contribution is 2.30. The Bertz CT molecular complexity index is 987. The molecule has 0 saturated carbocycles. The number of alkyl halides is 3. The third kappa shape index (κ3) is 4.23. The number of nitrogens with zero attached hydrogens (tertiary/aromatic N) is 3. The number of aromatic nitrogens is 2. The topological polar surface area (TPSA) is 68.5 Å². The highest BCUT2D eigenvalue weighted by molar-refractivity contribution is 5.94. The van der Waals surface area contributed by atoms with Crippen LogP contribution < -0.4 is 4.74 Å². The molecule has 3 aromatic rings. The molecule has 1 fully saturated rings. The second-order valence-corrected chi connectivity index (χ2v) is 6.59. The number of benzene rings is 2. The summed E-state index contributed by atoms with van der Waals surface area (Å²) in [6, 6.07) is 15.4. The van der Waals surface area contributed by atoms with Crippen LogP contribution in [0.5, 0.6) is 5.75 Å². The molecule has 1 atom stereocenters. The quantitative estimate of drug-likeness (QED) is 0.658. The van der Waals surface area contributed by atoms with E-state index in [9.17, 15) is 18.0 Å². The molecule has 2 aromatic carbocycles. The van der Waals surface area contributed by atoms with Gasteiger partial charge in [0.2, 0.25) is 5.82 Å². The summed E-state index contributed by atoms with van der Waals surface area (Å²) in [7, 11) is 0. The fourth-order valence-electron chi connectivity index (χ4n) is 3.10. The Morgan fingerprint density at radius 3 is 2.48 bits per heavy atom. The van der Waals surface area contributed by atoms with Crippen molar-refractivity contribution in [3.63, 3.8) is 0 Å². The number of ether oxygens (including phenoxy) is 1. The molecule has 1 aromatic heterocycles. The van der Waals surface area contributed by atoms with E-state index in [1.807, 2.05) is 18.2 Å². The van der Waals surface area contributed by atoms with Crippen LogP contribution in [0.4, 0.5) is 13.2 Å². The van der Waals surface area contributed by atoms with Crippen molar-refractivity contribution in [1.29, 1.82) is 0 Å². The summed E-state index contributed by atoms with van der Waals surface area (Å²) in [5, 5.41) is 3.35. The van der Waals surface area contributed by atoms with Crippen LogP contribution in [0.15, 0.2) is 59.1 Å². The number of hydrogen-bond donors (Lipinski definition) is 0. The highest BCUT2D eigenvalue weighted by atomic mass is 19.4. The van der Waals surface area contributed by atoms with Crippen molar-refractivity contribution in [3.8, 4) is 17.1 Å². The first-order valence-corrected chi connectivity index (χ1v) is 8.92. The van der Waals surface area contributed by atoms with Crippen molar-refractivity contribution in [1.82, 2.24) is 15.0 Å². The Morgan fingerprint density at radius 1 is 1.10 bits per heavy atom. The number of carbonyl (C=O) groups is 1. The number of amides is 1. The summed E-state index contributed by atoms with van der Waals surface area (Å²) in [6.07, 6.45) is -4.14. The average molecular weight is 403 g/mol. The van der Waals surface area contributed by atoms with Gasteiger partial charge in [-0.25, -0.2) is 0 Å². The van der Waals surface area contributed by atoms with Gasteiger partial charge in [-0.15, -0.1) is 0 Å². The molecule has 9 heteroatoms. The third-order valence-corrected chi connectivity index (χ3v) is 4.54. The molecule has 0 N–H and O–H groups in total. The largest absolute Gasteiger partial charge is 0.489 e. The molecule has 1 aliphatic rings. The molecular weight excluding hydrogens is 387 g/mol. The summed E-state index contributed by atoms with van der Waals surface area (Å²) in [5.74, 6) is -1.02. The zero-order valence-corrected chi connectivity index (χ0v) is 15.1. The Morgan fingerprint density at radius 2 is 1.83 bits per heavy atom. The van der Waals surface area contributed by atoms with Crippen molar-refractivity contribution in [2.24, 2.45) is 0 Å². The van der Waals surface area contributed by atoms with Gasteiger partial charge in [-0.05, 0) is 36.4 Å². The lowest BCUT2D eigenvalue weighted by Crippen LogP contribution is -2.30. The van der Waals surface area contributed by atoms with Crippen molar-refractivity contribution in [3.05, 3.63) is 66.1 Å². The normalized spacial score (nSPS) is 16.8. The van der Waals surface area contributed by atoms with E-state index in [0.29, 0.717) is 36.4 Å². The van der Waals surface area contributed by atoms with E-state index in [-0.39, 0.29) is 17.8 Å². The van der Waals surface area contributed by atoms with E-state index in [2.05, 4.69) is 14.7 Å². The Balaban J connectivity index is 1.37. The lowest BCUT2D eigenvalue weighted by Gasteiger charge is -2.17. The molecule has 1 saturated heterocycles. The summed E-state index contributed by atoms with van der Waals surface area (Å²) in [6.45, 7) is 1.06. The van der Waals surface area contributed by atoms with Crippen molar-refractivity contribution < 1.29 is 27.2 Å². The summed E-state index contributed by atoms with van der Waals surface area (Å²) in [4.78, 5) is 17.6. The van der Waals surface area contributed by atoms with Gasteiger partial charge in [0.1, 0.15) is 11.9 Å². The minimum Gasteiger partial charge on any atom is -0.489 e. The van der Waals surface area contributed by atoms with Gasteiger partial charge >= 0.3 is 12.1 Å². The molecule has 1 amide bonds. The average Bonchev–Trinajstić information content (AvgIpc) is 3.38. The van der Waals surface area contributed by atoms with Gasteiger partial charge in [0, 0.05) is 24.1 Å². The Labute approximate surface area is 163 Å². The van der Waals surface area contributed by atoms with E-state index >= 15 is 0 Å². The van der Waals surface area contributed by atoms with Crippen LogP contribution in [-0.2, 0) is 6.18 Å². The number of likely N-dealkylation sites (tertiary alicyclic amines) is 1. The van der Waals surface area contributed by atoms with E-state index < -0.39 is 12.1 Å². The van der Waals surface area contributed by atoms with Gasteiger partial charge in [-0.1, -0.05) is 23.4 Å². The third-order valence-electron chi connectivity index (χ3n) is 4.54. The van der Waals surface area contributed by atoms with Gasteiger partial charge in [-0.3, -0.25) is 4.79 Å². The summed E-state index contributed by atoms with van der Waals surface area (Å²) < 4.78 is 47.8. The maximum atomic E-state index is 12.6. The minimum absolute atomic E-state index is 0.0374. The van der Waals surface area contributed by atoms with Crippen LogP contribution in [0.3, 0.4) is 0 Å². The number of halogens is 3. The first kappa shape index (κ1) is 19.0. The van der Waals surface area contributed by atoms with Crippen LogP contribution in [-0.4, -0.2) is 40.1 Å². The lowest BCUT2D eigenvalue weighted by atomic mass is 10.2. The smallest absolute Gasteiger partial charge is 0.471 e. The molecule has 2 heterocycles. The van der Waals surface area contributed by atoms with Crippen LogP contribution in [0.25, 0.3) is 11.4 Å². The number of hydrogen-bond acceptors (Lipinski definition) is 5. The fraction of sp³-hybridized carbons (Fsp3) is 0.250. The van der Waals surface area contributed by atoms with Crippen LogP contribution in [0, 0.1) is 0 Å². The first-order chi connectivity index (χ1) is 13.9. The van der Waals surface area contributed by atoms with E-state index in [0.717, 1.165) is 0 Å². The molecule has 0 spiro atoms. The predicted molar refractivity (Wildman–Crippen MR) is 96.1 cm³/mol. The van der Waals surface area contributed by atoms with Crippen molar-refractivity contribution in [2.75, 3.05) is 13.1 Å². The van der Waals surface area contributed by atoms with Gasteiger partial charge < -0.3 is 14.2 Å². The zero-order chi connectivity index (χ0) is 20.4. The van der Waals surface area contributed by atoms with Crippen molar-refractivity contribution in [2.45, 2.75) is 18.7 Å². The molecule has 0 radical (unpaired) electrons. The molecule has 0 bridgehead atoms. The van der Waals surface area contributed by atoms with Crippen molar-refractivity contribution >= 4 is 5.91 Å². The lowest BCUT2D eigenvalue weighted by molar-refractivity contribution is -0.159. The SMILES string of the molecule is O=C(c1ccccc1)N1CC[C@H](Oc2ccc(-c3noc(C(F)(F)F)n3)cc2)C1.